The Bertz CT molecular complexity index is 1380. The van der Waals surface area contributed by atoms with E-state index in [2.05, 4.69) is 46.6 Å². The molecule has 0 N–H and O–H groups in total. The SMILES string of the molecule is C/C=C(/c1cc(F)c2nc(C)n(C(CCC)CCC)c2c1)c1cc(-c2cccnc2C)cnc1C. The summed E-state index contributed by atoms with van der Waals surface area (Å²) >= 11 is 0. The van der Waals surface area contributed by atoms with Crippen LogP contribution in [-0.2, 0) is 0 Å². The summed E-state index contributed by atoms with van der Waals surface area (Å²) in [6.07, 6.45) is 10.0. The summed E-state index contributed by atoms with van der Waals surface area (Å²) in [5.74, 6) is 0.590. The summed E-state index contributed by atoms with van der Waals surface area (Å²) in [6, 6.07) is 10.2. The first-order valence-electron chi connectivity index (χ1n) is 12.6. The predicted molar refractivity (Wildman–Crippen MR) is 143 cm³/mol. The number of hydrogen-bond acceptors (Lipinski definition) is 3. The van der Waals surface area contributed by atoms with E-state index in [4.69, 9.17) is 4.98 Å². The third-order valence-electron chi connectivity index (χ3n) is 6.83. The van der Waals surface area contributed by atoms with Crippen molar-refractivity contribution in [2.24, 2.45) is 0 Å². The van der Waals surface area contributed by atoms with Crippen molar-refractivity contribution in [1.29, 1.82) is 0 Å². The Hall–Kier alpha value is -3.34. The van der Waals surface area contributed by atoms with Crippen molar-refractivity contribution >= 4 is 16.6 Å². The van der Waals surface area contributed by atoms with E-state index in [1.165, 1.54) is 0 Å². The van der Waals surface area contributed by atoms with Gasteiger partial charge in [0.2, 0.25) is 0 Å². The molecule has 0 unspecified atom stereocenters. The quantitative estimate of drug-likeness (QED) is 0.261. The molecule has 0 saturated heterocycles. The summed E-state index contributed by atoms with van der Waals surface area (Å²) < 4.78 is 17.7. The van der Waals surface area contributed by atoms with Crippen LogP contribution in [0, 0.1) is 26.6 Å². The molecule has 3 heterocycles. The standard InChI is InChI=1S/C30H35FN4/c1-7-11-24(12-8-2)35-21(6)34-30-28(31)16-22(17-29(30)35)25(9-3)27-15-23(18-33-20(27)5)26-13-10-14-32-19(26)4/h9-10,13-18,24H,7-8,11-12H2,1-6H3/b25-9-. The van der Waals surface area contributed by atoms with E-state index < -0.39 is 0 Å². The second kappa shape index (κ2) is 10.5. The normalized spacial score (nSPS) is 12.2. The van der Waals surface area contributed by atoms with Gasteiger partial charge < -0.3 is 4.57 Å². The molecule has 0 bridgehead atoms. The Morgan fingerprint density at radius 2 is 1.77 bits per heavy atom. The molecule has 0 aliphatic carbocycles. The Morgan fingerprint density at radius 3 is 2.43 bits per heavy atom. The summed E-state index contributed by atoms with van der Waals surface area (Å²) in [5, 5.41) is 0. The number of rotatable bonds is 8. The van der Waals surface area contributed by atoms with Crippen LogP contribution in [0.15, 0.2) is 48.8 Å². The third-order valence-corrected chi connectivity index (χ3v) is 6.83. The van der Waals surface area contributed by atoms with Gasteiger partial charge in [0, 0.05) is 46.5 Å². The van der Waals surface area contributed by atoms with Crippen LogP contribution >= 0.6 is 0 Å². The zero-order chi connectivity index (χ0) is 25.1. The minimum atomic E-state index is -0.282. The van der Waals surface area contributed by atoms with Crippen molar-refractivity contribution in [3.05, 3.63) is 83.0 Å². The number of fused-ring (bicyclic) bond motifs is 1. The number of allylic oxidation sites excluding steroid dienone is 1. The molecule has 3 aromatic heterocycles. The van der Waals surface area contributed by atoms with Crippen LogP contribution in [0.25, 0.3) is 27.7 Å². The molecule has 4 nitrogen and oxygen atoms in total. The third kappa shape index (κ3) is 4.77. The fraction of sp³-hybridized carbons (Fsp3) is 0.367. The lowest BCUT2D eigenvalue weighted by atomic mass is 9.93. The lowest BCUT2D eigenvalue weighted by Gasteiger charge is -2.20. The minimum absolute atomic E-state index is 0.282. The Morgan fingerprint density at radius 1 is 1.03 bits per heavy atom. The lowest BCUT2D eigenvalue weighted by Crippen LogP contribution is -2.10. The second-order valence-electron chi connectivity index (χ2n) is 9.28. The van der Waals surface area contributed by atoms with Crippen LogP contribution in [-0.4, -0.2) is 19.5 Å². The second-order valence-corrected chi connectivity index (χ2v) is 9.28. The molecule has 0 amide bonds. The van der Waals surface area contributed by atoms with Crippen LogP contribution < -0.4 is 0 Å². The molecule has 0 spiro atoms. The molecule has 1 aromatic carbocycles. The molecular formula is C30H35FN4. The molecule has 35 heavy (non-hydrogen) atoms. The fourth-order valence-electron chi connectivity index (χ4n) is 5.17. The number of aryl methyl sites for hydroxylation is 3. The minimum Gasteiger partial charge on any atom is -0.325 e. The maximum atomic E-state index is 15.5. The number of pyridine rings is 2. The summed E-state index contributed by atoms with van der Waals surface area (Å²) in [4.78, 5) is 13.8. The van der Waals surface area contributed by atoms with Gasteiger partial charge in [-0.2, -0.15) is 0 Å². The molecular weight excluding hydrogens is 435 g/mol. The number of aromatic nitrogens is 4. The highest BCUT2D eigenvalue weighted by atomic mass is 19.1. The van der Waals surface area contributed by atoms with Gasteiger partial charge in [-0.1, -0.05) is 38.8 Å². The van der Waals surface area contributed by atoms with Gasteiger partial charge >= 0.3 is 0 Å². The van der Waals surface area contributed by atoms with Crippen molar-refractivity contribution in [3.8, 4) is 11.1 Å². The lowest BCUT2D eigenvalue weighted by molar-refractivity contribution is 0.428. The maximum Gasteiger partial charge on any atom is 0.151 e. The van der Waals surface area contributed by atoms with E-state index in [0.717, 1.165) is 76.2 Å². The van der Waals surface area contributed by atoms with E-state index in [0.29, 0.717) is 11.6 Å². The predicted octanol–water partition coefficient (Wildman–Crippen LogP) is 8.15. The van der Waals surface area contributed by atoms with E-state index >= 15 is 4.39 Å². The van der Waals surface area contributed by atoms with Crippen LogP contribution in [0.2, 0.25) is 0 Å². The smallest absolute Gasteiger partial charge is 0.151 e. The van der Waals surface area contributed by atoms with Gasteiger partial charge in [-0.05, 0) is 75.9 Å². The zero-order valence-electron chi connectivity index (χ0n) is 21.7. The average molecular weight is 471 g/mol. The van der Waals surface area contributed by atoms with Crippen LogP contribution in [0.1, 0.15) is 80.8 Å². The van der Waals surface area contributed by atoms with Gasteiger partial charge in [0.05, 0.1) is 5.52 Å². The number of halogens is 1. The molecule has 0 radical (unpaired) electrons. The molecule has 0 atom stereocenters. The average Bonchev–Trinajstić information content (AvgIpc) is 3.17. The van der Waals surface area contributed by atoms with Gasteiger partial charge in [0.1, 0.15) is 11.3 Å². The topological polar surface area (TPSA) is 43.6 Å². The Kier molecular flexibility index (Phi) is 7.44. The summed E-state index contributed by atoms with van der Waals surface area (Å²) in [6.45, 7) is 12.4. The highest BCUT2D eigenvalue weighted by Gasteiger charge is 2.21. The number of nitrogens with zero attached hydrogens (tertiary/aromatic N) is 4. The van der Waals surface area contributed by atoms with Gasteiger partial charge in [0.25, 0.3) is 0 Å². The zero-order valence-corrected chi connectivity index (χ0v) is 21.7. The number of imidazole rings is 1. The van der Waals surface area contributed by atoms with Crippen molar-refractivity contribution in [1.82, 2.24) is 19.5 Å². The van der Waals surface area contributed by atoms with Crippen LogP contribution in [0.3, 0.4) is 0 Å². The first kappa shape index (κ1) is 24.8. The van der Waals surface area contributed by atoms with E-state index in [1.54, 1.807) is 12.3 Å². The van der Waals surface area contributed by atoms with Crippen molar-refractivity contribution < 1.29 is 4.39 Å². The van der Waals surface area contributed by atoms with Crippen LogP contribution in [0.4, 0.5) is 4.39 Å². The van der Waals surface area contributed by atoms with Crippen molar-refractivity contribution in [2.45, 2.75) is 73.3 Å². The molecule has 0 saturated carbocycles. The molecule has 4 rings (SSSR count). The molecule has 0 fully saturated rings. The highest BCUT2D eigenvalue weighted by Crippen LogP contribution is 2.35. The molecule has 5 heteroatoms. The maximum absolute atomic E-state index is 15.5. The van der Waals surface area contributed by atoms with Gasteiger partial charge in [-0.25, -0.2) is 9.37 Å². The van der Waals surface area contributed by atoms with E-state index in [9.17, 15) is 0 Å². The summed E-state index contributed by atoms with van der Waals surface area (Å²) in [5.41, 5.74) is 8.04. The van der Waals surface area contributed by atoms with E-state index in [-0.39, 0.29) is 5.82 Å². The summed E-state index contributed by atoms with van der Waals surface area (Å²) in [7, 11) is 0. The van der Waals surface area contributed by atoms with Gasteiger partial charge in [-0.15, -0.1) is 0 Å². The fourth-order valence-corrected chi connectivity index (χ4v) is 5.17. The van der Waals surface area contributed by atoms with Crippen molar-refractivity contribution in [3.63, 3.8) is 0 Å². The van der Waals surface area contributed by atoms with Gasteiger partial charge in [-0.3, -0.25) is 9.97 Å². The monoisotopic (exact) mass is 470 g/mol. The molecule has 4 aromatic rings. The highest BCUT2D eigenvalue weighted by molar-refractivity contribution is 5.88. The molecule has 182 valence electrons. The number of benzene rings is 1. The van der Waals surface area contributed by atoms with Crippen LogP contribution in [0.5, 0.6) is 0 Å². The first-order valence-corrected chi connectivity index (χ1v) is 12.6. The first-order chi connectivity index (χ1) is 16.9. The van der Waals surface area contributed by atoms with E-state index in [1.807, 2.05) is 46.0 Å². The Balaban J connectivity index is 1.88. The molecule has 0 aliphatic rings. The van der Waals surface area contributed by atoms with Crippen molar-refractivity contribution in [2.75, 3.05) is 0 Å². The molecule has 0 aliphatic heterocycles. The number of hydrogen-bond donors (Lipinski definition) is 0. The largest absolute Gasteiger partial charge is 0.325 e. The Labute approximate surface area is 208 Å². The van der Waals surface area contributed by atoms with Gasteiger partial charge in [0.15, 0.2) is 5.82 Å².